The second kappa shape index (κ2) is 6.76. The number of anilines is 1. The number of nitrogens with zero attached hydrogens (tertiary/aromatic N) is 2. The van der Waals surface area contributed by atoms with Crippen molar-refractivity contribution in [2.75, 3.05) is 5.32 Å². The van der Waals surface area contributed by atoms with Gasteiger partial charge < -0.3 is 5.32 Å². The van der Waals surface area contributed by atoms with Crippen LogP contribution in [0.4, 0.5) is 5.82 Å². The third kappa shape index (κ3) is 3.67. The maximum Gasteiger partial charge on any atom is 0.256 e. The van der Waals surface area contributed by atoms with Crippen molar-refractivity contribution in [1.82, 2.24) is 9.78 Å². The molecular weight excluding hydrogens is 326 g/mol. The van der Waals surface area contributed by atoms with E-state index in [0.29, 0.717) is 11.4 Å². The van der Waals surface area contributed by atoms with Crippen LogP contribution < -0.4 is 5.32 Å². The quantitative estimate of drug-likeness (QED) is 0.899. The van der Waals surface area contributed by atoms with Gasteiger partial charge in [0.15, 0.2) is 9.84 Å². The third-order valence-electron chi connectivity index (χ3n) is 3.63. The molecule has 1 N–H and O–H groups in total. The molecule has 0 aliphatic rings. The molecule has 0 aliphatic carbocycles. The molecule has 1 aromatic heterocycles. The van der Waals surface area contributed by atoms with Crippen LogP contribution in [-0.2, 0) is 9.84 Å². The molecule has 0 saturated carbocycles. The minimum Gasteiger partial charge on any atom is -0.307 e. The van der Waals surface area contributed by atoms with E-state index in [2.05, 4.69) is 10.4 Å². The summed E-state index contributed by atoms with van der Waals surface area (Å²) in [5.41, 5.74) is 1.10. The van der Waals surface area contributed by atoms with E-state index in [4.69, 9.17) is 0 Å². The number of carbonyl (C=O) groups is 1. The lowest BCUT2D eigenvalue weighted by atomic mass is 10.2. The zero-order valence-electron chi connectivity index (χ0n) is 14.6. The Morgan fingerprint density at radius 1 is 1.17 bits per heavy atom. The van der Waals surface area contributed by atoms with Gasteiger partial charge in [0.1, 0.15) is 5.82 Å². The van der Waals surface area contributed by atoms with Crippen LogP contribution in [0.15, 0.2) is 35.2 Å². The third-order valence-corrected chi connectivity index (χ3v) is 5.79. The van der Waals surface area contributed by atoms with Gasteiger partial charge in [0, 0.05) is 17.7 Å². The molecule has 0 bridgehead atoms. The number of rotatable bonds is 5. The van der Waals surface area contributed by atoms with Crippen molar-refractivity contribution in [2.24, 2.45) is 0 Å². The standard InChI is InChI=1S/C17H23N3O3S/c1-11(2)20-16(9-13(5)19-20)18-17(21)14-7-6-8-15(10-14)24(22,23)12(3)4/h6-12H,1-5H3,(H,18,21). The molecule has 0 saturated heterocycles. The highest BCUT2D eigenvalue weighted by atomic mass is 32.2. The predicted molar refractivity (Wildman–Crippen MR) is 94.1 cm³/mol. The second-order valence-corrected chi connectivity index (χ2v) is 8.79. The molecule has 7 heteroatoms. The predicted octanol–water partition coefficient (Wildman–Crippen LogP) is 3.21. The first-order valence-corrected chi connectivity index (χ1v) is 9.39. The molecule has 2 aromatic rings. The molecule has 1 amide bonds. The van der Waals surface area contributed by atoms with E-state index in [0.717, 1.165) is 5.69 Å². The zero-order valence-corrected chi connectivity index (χ0v) is 15.4. The topological polar surface area (TPSA) is 81.1 Å². The second-order valence-electron chi connectivity index (χ2n) is 6.28. The van der Waals surface area contributed by atoms with Gasteiger partial charge in [0.05, 0.1) is 15.8 Å². The summed E-state index contributed by atoms with van der Waals surface area (Å²) in [5, 5.41) is 6.61. The summed E-state index contributed by atoms with van der Waals surface area (Å²) in [4.78, 5) is 12.7. The van der Waals surface area contributed by atoms with Gasteiger partial charge in [0.25, 0.3) is 5.91 Å². The molecule has 0 radical (unpaired) electrons. The number of amides is 1. The van der Waals surface area contributed by atoms with Crippen molar-refractivity contribution in [1.29, 1.82) is 0 Å². The lowest BCUT2D eigenvalue weighted by Gasteiger charge is -2.12. The minimum atomic E-state index is -3.42. The van der Waals surface area contributed by atoms with Gasteiger partial charge in [-0.1, -0.05) is 6.07 Å². The number of hydrogen-bond acceptors (Lipinski definition) is 4. The first kappa shape index (κ1) is 18.2. The number of hydrogen-bond donors (Lipinski definition) is 1. The summed E-state index contributed by atoms with van der Waals surface area (Å²) in [6.45, 7) is 9.03. The van der Waals surface area contributed by atoms with E-state index in [1.807, 2.05) is 20.8 Å². The molecule has 1 aromatic carbocycles. The van der Waals surface area contributed by atoms with Crippen molar-refractivity contribution in [3.05, 3.63) is 41.6 Å². The number of aryl methyl sites for hydroxylation is 1. The summed E-state index contributed by atoms with van der Waals surface area (Å²) in [5.74, 6) is 0.224. The van der Waals surface area contributed by atoms with Gasteiger partial charge in [-0.3, -0.25) is 4.79 Å². The Labute approximate surface area is 142 Å². The van der Waals surface area contributed by atoms with Crippen molar-refractivity contribution in [2.45, 2.75) is 50.8 Å². The van der Waals surface area contributed by atoms with E-state index in [-0.39, 0.29) is 16.8 Å². The van der Waals surface area contributed by atoms with Crippen LogP contribution in [0.3, 0.4) is 0 Å². The molecule has 24 heavy (non-hydrogen) atoms. The average Bonchev–Trinajstić information content (AvgIpc) is 2.88. The minimum absolute atomic E-state index is 0.0988. The Bertz CT molecular complexity index is 852. The summed E-state index contributed by atoms with van der Waals surface area (Å²) in [6.07, 6.45) is 0. The van der Waals surface area contributed by atoms with Crippen molar-refractivity contribution < 1.29 is 13.2 Å². The fraction of sp³-hybridized carbons (Fsp3) is 0.412. The number of carbonyl (C=O) groups excluding carboxylic acids is 1. The van der Waals surface area contributed by atoms with Crippen LogP contribution >= 0.6 is 0 Å². The summed E-state index contributed by atoms with van der Waals surface area (Å²) < 4.78 is 26.3. The first-order chi connectivity index (χ1) is 11.1. The molecular formula is C17H23N3O3S. The van der Waals surface area contributed by atoms with E-state index in [1.54, 1.807) is 36.7 Å². The van der Waals surface area contributed by atoms with Crippen LogP contribution in [0.1, 0.15) is 49.8 Å². The Balaban J connectivity index is 2.32. The van der Waals surface area contributed by atoms with E-state index >= 15 is 0 Å². The fourth-order valence-corrected chi connectivity index (χ4v) is 3.38. The highest BCUT2D eigenvalue weighted by Crippen LogP contribution is 2.20. The Morgan fingerprint density at radius 3 is 2.42 bits per heavy atom. The highest BCUT2D eigenvalue weighted by Gasteiger charge is 2.21. The summed E-state index contributed by atoms with van der Waals surface area (Å²) in [7, 11) is -3.42. The fourth-order valence-electron chi connectivity index (χ4n) is 2.28. The van der Waals surface area contributed by atoms with Gasteiger partial charge in [-0.2, -0.15) is 5.10 Å². The largest absolute Gasteiger partial charge is 0.307 e. The monoisotopic (exact) mass is 349 g/mol. The molecule has 1 heterocycles. The average molecular weight is 349 g/mol. The van der Waals surface area contributed by atoms with Crippen LogP contribution in [-0.4, -0.2) is 29.4 Å². The van der Waals surface area contributed by atoms with Gasteiger partial charge in [-0.25, -0.2) is 13.1 Å². The SMILES string of the molecule is Cc1cc(NC(=O)c2cccc(S(=O)(=O)C(C)C)c2)n(C(C)C)n1. The highest BCUT2D eigenvalue weighted by molar-refractivity contribution is 7.92. The van der Waals surface area contributed by atoms with E-state index in [9.17, 15) is 13.2 Å². The molecule has 2 rings (SSSR count). The van der Waals surface area contributed by atoms with Crippen molar-refractivity contribution >= 4 is 21.6 Å². The van der Waals surface area contributed by atoms with Gasteiger partial charge >= 0.3 is 0 Å². The smallest absolute Gasteiger partial charge is 0.256 e. The molecule has 6 nitrogen and oxygen atoms in total. The summed E-state index contributed by atoms with van der Waals surface area (Å²) in [6, 6.07) is 7.98. The molecule has 130 valence electrons. The van der Waals surface area contributed by atoms with Crippen LogP contribution in [0, 0.1) is 6.92 Å². The first-order valence-electron chi connectivity index (χ1n) is 7.84. The molecule has 0 spiro atoms. The molecule has 0 aliphatic heterocycles. The Kier molecular flexibility index (Phi) is 5.13. The van der Waals surface area contributed by atoms with Crippen LogP contribution in [0.2, 0.25) is 0 Å². The number of nitrogens with one attached hydrogen (secondary N) is 1. The zero-order chi connectivity index (χ0) is 18.1. The number of benzene rings is 1. The lowest BCUT2D eigenvalue weighted by Crippen LogP contribution is -2.18. The normalized spacial score (nSPS) is 12.0. The number of sulfone groups is 1. The van der Waals surface area contributed by atoms with Gasteiger partial charge in [0.2, 0.25) is 0 Å². The molecule has 0 fully saturated rings. The molecule has 0 unspecified atom stereocenters. The summed E-state index contributed by atoms with van der Waals surface area (Å²) >= 11 is 0. The van der Waals surface area contributed by atoms with Gasteiger partial charge in [-0.15, -0.1) is 0 Å². The molecule has 0 atom stereocenters. The Morgan fingerprint density at radius 2 is 1.83 bits per heavy atom. The van der Waals surface area contributed by atoms with Crippen LogP contribution in [0.25, 0.3) is 0 Å². The maximum atomic E-state index is 12.5. The lowest BCUT2D eigenvalue weighted by molar-refractivity contribution is 0.102. The van der Waals surface area contributed by atoms with Crippen LogP contribution in [0.5, 0.6) is 0 Å². The van der Waals surface area contributed by atoms with Crippen molar-refractivity contribution in [3.8, 4) is 0 Å². The van der Waals surface area contributed by atoms with Gasteiger partial charge in [-0.05, 0) is 52.8 Å². The maximum absolute atomic E-state index is 12.5. The van der Waals surface area contributed by atoms with Crippen molar-refractivity contribution in [3.63, 3.8) is 0 Å². The van der Waals surface area contributed by atoms with E-state index < -0.39 is 15.1 Å². The van der Waals surface area contributed by atoms with E-state index in [1.165, 1.54) is 12.1 Å². The number of aromatic nitrogens is 2. The Hall–Kier alpha value is -2.15.